The maximum absolute atomic E-state index is 11.3. The Bertz CT molecular complexity index is 496. The minimum atomic E-state index is -0.906. The second-order valence-electron chi connectivity index (χ2n) is 5.10. The Hall–Kier alpha value is -1.10. The SMILES string of the molecule is Cc1nc(C2CC2)nc(SC2CCC2)c1C(=O)O. The molecule has 0 amide bonds. The third-order valence-corrected chi connectivity index (χ3v) is 4.88. The van der Waals surface area contributed by atoms with Gasteiger partial charge in [-0.25, -0.2) is 14.8 Å². The third-order valence-electron chi connectivity index (χ3n) is 3.56. The minimum Gasteiger partial charge on any atom is -0.478 e. The number of rotatable bonds is 4. The summed E-state index contributed by atoms with van der Waals surface area (Å²) in [6.07, 6.45) is 5.87. The number of aromatic nitrogens is 2. The first-order chi connectivity index (χ1) is 8.65. The first-order valence-electron chi connectivity index (χ1n) is 6.43. The molecule has 1 N–H and O–H groups in total. The zero-order valence-electron chi connectivity index (χ0n) is 10.3. The summed E-state index contributed by atoms with van der Waals surface area (Å²) in [6, 6.07) is 0. The number of thioether (sulfide) groups is 1. The van der Waals surface area contributed by atoms with Gasteiger partial charge >= 0.3 is 5.97 Å². The highest BCUT2D eigenvalue weighted by Crippen LogP contribution is 2.41. The van der Waals surface area contributed by atoms with Crippen LogP contribution in [-0.2, 0) is 0 Å². The Morgan fingerprint density at radius 2 is 2.00 bits per heavy atom. The molecule has 18 heavy (non-hydrogen) atoms. The molecule has 2 aliphatic rings. The van der Waals surface area contributed by atoms with E-state index in [0.717, 1.165) is 18.7 Å². The van der Waals surface area contributed by atoms with Crippen molar-refractivity contribution in [2.45, 2.75) is 55.2 Å². The van der Waals surface area contributed by atoms with Crippen molar-refractivity contribution in [3.8, 4) is 0 Å². The average molecular weight is 264 g/mol. The van der Waals surface area contributed by atoms with Gasteiger partial charge in [-0.3, -0.25) is 0 Å². The first-order valence-corrected chi connectivity index (χ1v) is 7.31. The van der Waals surface area contributed by atoms with E-state index >= 15 is 0 Å². The van der Waals surface area contributed by atoms with E-state index in [9.17, 15) is 9.90 Å². The molecular weight excluding hydrogens is 248 g/mol. The largest absolute Gasteiger partial charge is 0.478 e. The van der Waals surface area contributed by atoms with Crippen molar-refractivity contribution in [3.05, 3.63) is 17.1 Å². The molecule has 1 aromatic rings. The highest BCUT2D eigenvalue weighted by molar-refractivity contribution is 8.00. The van der Waals surface area contributed by atoms with Gasteiger partial charge in [-0.2, -0.15) is 0 Å². The number of aryl methyl sites for hydroxylation is 1. The van der Waals surface area contributed by atoms with Crippen molar-refractivity contribution in [2.24, 2.45) is 0 Å². The van der Waals surface area contributed by atoms with Crippen LogP contribution >= 0.6 is 11.8 Å². The fourth-order valence-corrected chi connectivity index (χ4v) is 3.45. The summed E-state index contributed by atoms with van der Waals surface area (Å²) in [5.74, 6) is 0.406. The van der Waals surface area contributed by atoms with Crippen LogP contribution in [0.3, 0.4) is 0 Å². The average Bonchev–Trinajstić information content (AvgIpc) is 3.05. The summed E-state index contributed by atoms with van der Waals surface area (Å²) >= 11 is 1.63. The quantitative estimate of drug-likeness (QED) is 0.847. The molecule has 2 aliphatic carbocycles. The van der Waals surface area contributed by atoms with Crippen molar-refractivity contribution < 1.29 is 9.90 Å². The van der Waals surface area contributed by atoms with Crippen molar-refractivity contribution in [3.63, 3.8) is 0 Å². The van der Waals surface area contributed by atoms with Crippen LogP contribution in [0.15, 0.2) is 5.03 Å². The number of carboxylic acids is 1. The molecule has 1 heterocycles. The van der Waals surface area contributed by atoms with Crippen LogP contribution in [0, 0.1) is 6.92 Å². The Labute approximate surface area is 110 Å². The Balaban J connectivity index is 1.96. The summed E-state index contributed by atoms with van der Waals surface area (Å²) in [6.45, 7) is 1.78. The number of carbonyl (C=O) groups is 1. The molecule has 0 aromatic carbocycles. The number of hydrogen-bond acceptors (Lipinski definition) is 4. The highest BCUT2D eigenvalue weighted by atomic mass is 32.2. The molecule has 5 heteroatoms. The molecule has 4 nitrogen and oxygen atoms in total. The monoisotopic (exact) mass is 264 g/mol. The van der Waals surface area contributed by atoms with Gasteiger partial charge in [0.15, 0.2) is 0 Å². The molecule has 0 spiro atoms. The molecule has 0 radical (unpaired) electrons. The molecule has 3 rings (SSSR count). The second kappa shape index (κ2) is 4.53. The maximum Gasteiger partial charge on any atom is 0.340 e. The van der Waals surface area contributed by atoms with Crippen LogP contribution in [0.5, 0.6) is 0 Å². The molecule has 0 saturated heterocycles. The molecule has 2 saturated carbocycles. The van der Waals surface area contributed by atoms with Crippen molar-refractivity contribution in [1.82, 2.24) is 9.97 Å². The molecule has 0 unspecified atom stereocenters. The van der Waals surface area contributed by atoms with E-state index in [-0.39, 0.29) is 0 Å². The van der Waals surface area contributed by atoms with E-state index in [1.54, 1.807) is 18.7 Å². The number of hydrogen-bond donors (Lipinski definition) is 1. The molecule has 2 fully saturated rings. The van der Waals surface area contributed by atoms with Crippen molar-refractivity contribution in [2.75, 3.05) is 0 Å². The number of carboxylic acid groups (broad SMARTS) is 1. The fourth-order valence-electron chi connectivity index (χ4n) is 2.07. The van der Waals surface area contributed by atoms with Crippen LogP contribution < -0.4 is 0 Å². The fraction of sp³-hybridized carbons (Fsp3) is 0.615. The van der Waals surface area contributed by atoms with Crippen LogP contribution in [0.1, 0.15) is 59.9 Å². The van der Waals surface area contributed by atoms with Gasteiger partial charge in [0.25, 0.3) is 0 Å². The zero-order valence-corrected chi connectivity index (χ0v) is 11.2. The van der Waals surface area contributed by atoms with Gasteiger partial charge in [0.2, 0.25) is 0 Å². The topological polar surface area (TPSA) is 63.1 Å². The standard InChI is InChI=1S/C13H16N2O2S/c1-7-10(13(16)17)12(18-9-3-2-4-9)15-11(14-7)8-5-6-8/h8-9H,2-6H2,1H3,(H,16,17). The highest BCUT2D eigenvalue weighted by Gasteiger charge is 2.30. The molecular formula is C13H16N2O2S. The van der Waals surface area contributed by atoms with E-state index in [2.05, 4.69) is 9.97 Å². The van der Waals surface area contributed by atoms with Gasteiger partial charge in [-0.15, -0.1) is 11.8 Å². The summed E-state index contributed by atoms with van der Waals surface area (Å²) in [7, 11) is 0. The Morgan fingerprint density at radius 1 is 1.28 bits per heavy atom. The summed E-state index contributed by atoms with van der Waals surface area (Å²) in [5.41, 5.74) is 0.914. The van der Waals surface area contributed by atoms with Crippen LogP contribution in [0.25, 0.3) is 0 Å². The number of aromatic carboxylic acids is 1. The van der Waals surface area contributed by atoms with Crippen LogP contribution in [0.2, 0.25) is 0 Å². The summed E-state index contributed by atoms with van der Waals surface area (Å²) in [5, 5.41) is 10.5. The number of nitrogens with zero attached hydrogens (tertiary/aromatic N) is 2. The third kappa shape index (κ3) is 2.23. The van der Waals surface area contributed by atoms with Gasteiger partial charge in [-0.1, -0.05) is 6.42 Å². The Morgan fingerprint density at radius 3 is 2.50 bits per heavy atom. The second-order valence-corrected chi connectivity index (χ2v) is 6.39. The molecule has 96 valence electrons. The maximum atomic E-state index is 11.3. The van der Waals surface area contributed by atoms with Crippen LogP contribution in [-0.4, -0.2) is 26.3 Å². The van der Waals surface area contributed by atoms with E-state index in [1.165, 1.54) is 19.3 Å². The first kappa shape index (κ1) is 12.0. The Kier molecular flexibility index (Phi) is 3.01. The predicted octanol–water partition coefficient (Wildman–Crippen LogP) is 3.01. The molecule has 0 bridgehead atoms. The summed E-state index contributed by atoms with van der Waals surface area (Å²) in [4.78, 5) is 20.2. The van der Waals surface area contributed by atoms with E-state index in [1.807, 2.05) is 0 Å². The smallest absolute Gasteiger partial charge is 0.340 e. The lowest BCUT2D eigenvalue weighted by Gasteiger charge is -2.24. The molecule has 0 aliphatic heterocycles. The predicted molar refractivity (Wildman–Crippen MR) is 69.2 cm³/mol. The molecule has 1 aromatic heterocycles. The summed E-state index contributed by atoms with van der Waals surface area (Å²) < 4.78 is 0. The zero-order chi connectivity index (χ0) is 12.7. The van der Waals surface area contributed by atoms with Gasteiger partial charge in [-0.05, 0) is 32.6 Å². The van der Waals surface area contributed by atoms with Gasteiger partial charge in [0.1, 0.15) is 16.4 Å². The molecule has 0 atom stereocenters. The van der Waals surface area contributed by atoms with Gasteiger partial charge in [0, 0.05) is 11.2 Å². The van der Waals surface area contributed by atoms with Crippen LogP contribution in [0.4, 0.5) is 0 Å². The lowest BCUT2D eigenvalue weighted by molar-refractivity contribution is 0.0690. The van der Waals surface area contributed by atoms with E-state index in [0.29, 0.717) is 27.5 Å². The minimum absolute atomic E-state index is 0.302. The lowest BCUT2D eigenvalue weighted by atomic mass is 10.0. The van der Waals surface area contributed by atoms with Crippen molar-refractivity contribution >= 4 is 17.7 Å². The van der Waals surface area contributed by atoms with E-state index in [4.69, 9.17) is 0 Å². The van der Waals surface area contributed by atoms with E-state index < -0.39 is 5.97 Å². The van der Waals surface area contributed by atoms with Gasteiger partial charge < -0.3 is 5.11 Å². The van der Waals surface area contributed by atoms with Crippen molar-refractivity contribution in [1.29, 1.82) is 0 Å². The lowest BCUT2D eigenvalue weighted by Crippen LogP contribution is -2.16. The normalized spacial score (nSPS) is 19.6. The van der Waals surface area contributed by atoms with Gasteiger partial charge in [0.05, 0.1) is 5.69 Å².